The molecule has 0 aliphatic rings. The fourth-order valence-corrected chi connectivity index (χ4v) is 3.31. The Morgan fingerprint density at radius 2 is 1.81 bits per heavy atom. The van der Waals surface area contributed by atoms with E-state index in [9.17, 15) is 9.18 Å². The summed E-state index contributed by atoms with van der Waals surface area (Å²) in [5.74, 6) is -0.501. The normalized spacial score (nSPS) is 10.9. The number of nitrogens with zero attached hydrogens (tertiary/aromatic N) is 6. The van der Waals surface area contributed by atoms with Crippen molar-refractivity contribution in [2.45, 2.75) is 25.9 Å². The standard InChI is InChI=1S/C23H23FN6O/c1-28(15-19-14-25-30(16-19)21-11-9-20(24)10-12-21)23(31)22-17-29(27-26-22)13-5-8-18-6-3-2-4-7-18/h2-4,6-7,9-12,14,16-17H,5,8,13,15H2,1H3. The molecule has 2 aromatic heterocycles. The van der Waals surface area contributed by atoms with E-state index in [1.165, 1.54) is 17.7 Å². The van der Waals surface area contributed by atoms with Crippen molar-refractivity contribution in [3.63, 3.8) is 0 Å². The van der Waals surface area contributed by atoms with E-state index in [0.717, 1.165) is 24.1 Å². The molecule has 4 rings (SSSR count). The number of hydrogen-bond donors (Lipinski definition) is 0. The minimum Gasteiger partial charge on any atom is -0.336 e. The molecule has 0 bridgehead atoms. The first-order valence-corrected chi connectivity index (χ1v) is 10.1. The minimum absolute atomic E-state index is 0.205. The highest BCUT2D eigenvalue weighted by Crippen LogP contribution is 2.12. The van der Waals surface area contributed by atoms with E-state index in [1.807, 2.05) is 24.4 Å². The summed E-state index contributed by atoms with van der Waals surface area (Å²) in [7, 11) is 1.71. The molecule has 0 saturated heterocycles. The average molecular weight is 418 g/mol. The first-order chi connectivity index (χ1) is 15.1. The van der Waals surface area contributed by atoms with Crippen molar-refractivity contribution in [2.75, 3.05) is 7.05 Å². The van der Waals surface area contributed by atoms with Gasteiger partial charge in [-0.25, -0.2) is 9.07 Å². The third-order valence-electron chi connectivity index (χ3n) is 4.95. The SMILES string of the molecule is CN(Cc1cnn(-c2ccc(F)cc2)c1)C(=O)c1cn(CCCc2ccccc2)nn1. The molecule has 31 heavy (non-hydrogen) atoms. The summed E-state index contributed by atoms with van der Waals surface area (Å²) >= 11 is 0. The highest BCUT2D eigenvalue weighted by molar-refractivity contribution is 5.91. The van der Waals surface area contributed by atoms with Crippen LogP contribution in [-0.4, -0.2) is 42.6 Å². The monoisotopic (exact) mass is 418 g/mol. The fourth-order valence-electron chi connectivity index (χ4n) is 3.31. The van der Waals surface area contributed by atoms with Gasteiger partial charge in [0.2, 0.25) is 0 Å². The van der Waals surface area contributed by atoms with Crippen LogP contribution in [0, 0.1) is 5.82 Å². The summed E-state index contributed by atoms with van der Waals surface area (Å²) in [5.41, 5.74) is 3.20. The van der Waals surface area contributed by atoms with Gasteiger partial charge in [-0.3, -0.25) is 9.48 Å². The van der Waals surface area contributed by atoms with E-state index in [1.54, 1.807) is 45.8 Å². The Kier molecular flexibility index (Phi) is 6.16. The molecule has 0 aliphatic carbocycles. The van der Waals surface area contributed by atoms with Crippen LogP contribution in [0.25, 0.3) is 5.69 Å². The van der Waals surface area contributed by atoms with E-state index in [-0.39, 0.29) is 11.7 Å². The molecular formula is C23H23FN6O. The van der Waals surface area contributed by atoms with E-state index in [0.29, 0.717) is 18.8 Å². The molecule has 158 valence electrons. The lowest BCUT2D eigenvalue weighted by Crippen LogP contribution is -2.26. The molecule has 4 aromatic rings. The summed E-state index contributed by atoms with van der Waals surface area (Å²) in [6, 6.07) is 16.3. The molecular weight excluding hydrogens is 395 g/mol. The number of rotatable bonds is 8. The van der Waals surface area contributed by atoms with Crippen molar-refractivity contribution < 1.29 is 9.18 Å². The quantitative estimate of drug-likeness (QED) is 0.439. The maximum absolute atomic E-state index is 13.1. The van der Waals surface area contributed by atoms with E-state index in [4.69, 9.17) is 0 Å². The minimum atomic E-state index is -0.297. The Balaban J connectivity index is 1.32. The zero-order valence-electron chi connectivity index (χ0n) is 17.2. The number of carbonyl (C=O) groups is 1. The molecule has 0 fully saturated rings. The Morgan fingerprint density at radius 1 is 1.03 bits per heavy atom. The Hall–Kier alpha value is -3.81. The van der Waals surface area contributed by atoms with Crippen LogP contribution in [0.5, 0.6) is 0 Å². The summed E-state index contributed by atoms with van der Waals surface area (Å²) < 4.78 is 16.4. The Morgan fingerprint density at radius 3 is 2.58 bits per heavy atom. The smallest absolute Gasteiger partial charge is 0.276 e. The highest BCUT2D eigenvalue weighted by Gasteiger charge is 2.17. The topological polar surface area (TPSA) is 68.8 Å². The molecule has 2 aromatic carbocycles. The predicted molar refractivity (Wildman–Crippen MR) is 114 cm³/mol. The van der Waals surface area contributed by atoms with Crippen molar-refractivity contribution in [3.8, 4) is 5.69 Å². The van der Waals surface area contributed by atoms with Gasteiger partial charge in [-0.1, -0.05) is 35.5 Å². The lowest BCUT2D eigenvalue weighted by atomic mass is 10.1. The van der Waals surface area contributed by atoms with E-state index < -0.39 is 0 Å². The van der Waals surface area contributed by atoms with Crippen LogP contribution in [-0.2, 0) is 19.5 Å². The number of amides is 1. The van der Waals surface area contributed by atoms with Crippen LogP contribution in [0.15, 0.2) is 73.2 Å². The van der Waals surface area contributed by atoms with Gasteiger partial charge in [-0.05, 0) is 42.7 Å². The number of benzene rings is 2. The zero-order chi connectivity index (χ0) is 21.6. The Labute approximate surface area is 179 Å². The molecule has 2 heterocycles. The lowest BCUT2D eigenvalue weighted by Gasteiger charge is -2.14. The second-order valence-electron chi connectivity index (χ2n) is 7.39. The maximum Gasteiger partial charge on any atom is 0.276 e. The second-order valence-corrected chi connectivity index (χ2v) is 7.39. The summed E-state index contributed by atoms with van der Waals surface area (Å²) in [4.78, 5) is 14.3. The van der Waals surface area contributed by atoms with Crippen LogP contribution < -0.4 is 0 Å². The number of carbonyl (C=O) groups excluding carboxylic acids is 1. The van der Waals surface area contributed by atoms with Crippen LogP contribution in [0.4, 0.5) is 4.39 Å². The molecule has 7 nitrogen and oxygen atoms in total. The van der Waals surface area contributed by atoms with E-state index in [2.05, 4.69) is 27.5 Å². The summed E-state index contributed by atoms with van der Waals surface area (Å²) in [6.45, 7) is 1.07. The molecule has 0 radical (unpaired) electrons. The van der Waals surface area contributed by atoms with Gasteiger partial charge in [0.25, 0.3) is 5.91 Å². The number of halogens is 1. The third kappa shape index (κ3) is 5.22. The van der Waals surface area contributed by atoms with Crippen molar-refractivity contribution >= 4 is 5.91 Å². The molecule has 0 N–H and O–H groups in total. The average Bonchev–Trinajstić information content (AvgIpc) is 3.44. The van der Waals surface area contributed by atoms with Gasteiger partial charge in [0.15, 0.2) is 5.69 Å². The zero-order valence-corrected chi connectivity index (χ0v) is 17.2. The summed E-state index contributed by atoms with van der Waals surface area (Å²) in [6.07, 6.45) is 7.05. The molecule has 8 heteroatoms. The molecule has 0 aliphatic heterocycles. The van der Waals surface area contributed by atoms with Gasteiger partial charge in [-0.2, -0.15) is 5.10 Å². The molecule has 1 amide bonds. The summed E-state index contributed by atoms with van der Waals surface area (Å²) in [5, 5.41) is 12.4. The first-order valence-electron chi connectivity index (χ1n) is 10.1. The Bertz CT molecular complexity index is 1140. The first kappa shape index (κ1) is 20.5. The van der Waals surface area contributed by atoms with Gasteiger partial charge in [0.1, 0.15) is 5.82 Å². The number of aryl methyl sites for hydroxylation is 2. The van der Waals surface area contributed by atoms with Crippen LogP contribution in [0.1, 0.15) is 28.0 Å². The highest BCUT2D eigenvalue weighted by atomic mass is 19.1. The van der Waals surface area contributed by atoms with Crippen molar-refractivity contribution in [3.05, 3.63) is 95.8 Å². The van der Waals surface area contributed by atoms with Gasteiger partial charge >= 0.3 is 0 Å². The molecule has 0 atom stereocenters. The maximum atomic E-state index is 13.1. The predicted octanol–water partition coefficient (Wildman–Crippen LogP) is 3.51. The fraction of sp³-hybridized carbons (Fsp3) is 0.217. The molecule has 0 spiro atoms. The lowest BCUT2D eigenvalue weighted by molar-refractivity contribution is 0.0779. The van der Waals surface area contributed by atoms with Crippen LogP contribution >= 0.6 is 0 Å². The largest absolute Gasteiger partial charge is 0.336 e. The number of aromatic nitrogens is 5. The van der Waals surface area contributed by atoms with E-state index >= 15 is 0 Å². The molecule has 0 saturated carbocycles. The van der Waals surface area contributed by atoms with Crippen LogP contribution in [0.3, 0.4) is 0 Å². The van der Waals surface area contributed by atoms with Crippen molar-refractivity contribution in [1.82, 2.24) is 29.7 Å². The van der Waals surface area contributed by atoms with Gasteiger partial charge < -0.3 is 4.90 Å². The van der Waals surface area contributed by atoms with Crippen LogP contribution in [0.2, 0.25) is 0 Å². The van der Waals surface area contributed by atoms with Gasteiger partial charge in [0.05, 0.1) is 18.1 Å². The van der Waals surface area contributed by atoms with Crippen molar-refractivity contribution in [2.24, 2.45) is 0 Å². The molecule has 0 unspecified atom stereocenters. The van der Waals surface area contributed by atoms with Gasteiger partial charge in [0, 0.05) is 31.9 Å². The van der Waals surface area contributed by atoms with Crippen molar-refractivity contribution in [1.29, 1.82) is 0 Å². The third-order valence-corrected chi connectivity index (χ3v) is 4.95. The number of hydrogen-bond acceptors (Lipinski definition) is 4. The second kappa shape index (κ2) is 9.34. The van der Waals surface area contributed by atoms with Gasteiger partial charge in [-0.15, -0.1) is 5.10 Å².